The second-order valence-electron chi connectivity index (χ2n) is 2.71. The van der Waals surface area contributed by atoms with E-state index < -0.39 is 0 Å². The van der Waals surface area contributed by atoms with Crippen LogP contribution in [0.1, 0.15) is 31.7 Å². The Bertz CT molecular complexity index is 315. The lowest BCUT2D eigenvalue weighted by Crippen LogP contribution is -2.20. The zero-order valence-corrected chi connectivity index (χ0v) is 8.74. The average molecular weight is 181 g/mol. The number of aryl methyl sites for hydroxylation is 1. The summed E-state index contributed by atoms with van der Waals surface area (Å²) in [6.07, 6.45) is 6.58. The van der Waals surface area contributed by atoms with Gasteiger partial charge in [0, 0.05) is 0 Å². The number of thiazole rings is 1. The molecule has 1 aromatic rings. The van der Waals surface area contributed by atoms with Crippen LogP contribution in [0.3, 0.4) is 0 Å². The maximum atomic E-state index is 4.45. The zero-order valence-electron chi connectivity index (χ0n) is 7.92. The Hall–Kier alpha value is -0.630. The first-order chi connectivity index (χ1) is 5.77. The van der Waals surface area contributed by atoms with Crippen molar-refractivity contribution in [1.82, 2.24) is 4.98 Å². The lowest BCUT2D eigenvalue weighted by Gasteiger charge is -1.77. The third-order valence-corrected chi connectivity index (χ3v) is 2.56. The smallest absolute Gasteiger partial charge is 0.0907 e. The number of rotatable bonds is 2. The van der Waals surface area contributed by atoms with Crippen LogP contribution in [0.2, 0.25) is 0 Å². The molecule has 0 fully saturated rings. The molecular formula is C10H15NS. The minimum atomic E-state index is 1.06. The zero-order chi connectivity index (χ0) is 8.97. The summed E-state index contributed by atoms with van der Waals surface area (Å²) in [5.74, 6) is 0. The molecule has 0 N–H and O–H groups in total. The van der Waals surface area contributed by atoms with Gasteiger partial charge in [0.1, 0.15) is 0 Å². The first kappa shape index (κ1) is 9.46. The molecule has 66 valence electrons. The molecule has 0 radical (unpaired) electrons. The lowest BCUT2D eigenvalue weighted by molar-refractivity contribution is 1.19. The number of hydrogen-bond donors (Lipinski definition) is 0. The van der Waals surface area contributed by atoms with Crippen LogP contribution in [-0.4, -0.2) is 4.98 Å². The molecule has 1 aromatic heterocycles. The first-order valence-corrected chi connectivity index (χ1v) is 5.23. The van der Waals surface area contributed by atoms with E-state index in [-0.39, 0.29) is 0 Å². The maximum absolute atomic E-state index is 4.45. The number of nitrogens with zero attached hydrogens (tertiary/aromatic N) is 1. The highest BCUT2D eigenvalue weighted by molar-refractivity contribution is 7.09. The molecule has 0 saturated carbocycles. The second-order valence-corrected chi connectivity index (χ2v) is 3.94. The average Bonchev–Trinajstić information content (AvgIpc) is 2.33. The van der Waals surface area contributed by atoms with E-state index >= 15 is 0 Å². The molecule has 0 aliphatic heterocycles. The largest absolute Gasteiger partial charge is 0.242 e. The first-order valence-electron chi connectivity index (χ1n) is 4.41. The van der Waals surface area contributed by atoms with Crippen LogP contribution < -0.4 is 9.88 Å². The molecule has 0 aliphatic rings. The molecule has 1 nitrogen and oxygen atoms in total. The van der Waals surface area contributed by atoms with Crippen LogP contribution in [0, 0.1) is 6.92 Å². The molecule has 0 aromatic carbocycles. The van der Waals surface area contributed by atoms with Crippen molar-refractivity contribution in [3.8, 4) is 0 Å². The van der Waals surface area contributed by atoms with Crippen molar-refractivity contribution >= 4 is 23.5 Å². The Morgan fingerprint density at radius 3 is 2.50 bits per heavy atom. The van der Waals surface area contributed by atoms with Gasteiger partial charge in [0.15, 0.2) is 0 Å². The summed E-state index contributed by atoms with van der Waals surface area (Å²) in [5, 5.41) is 2.33. The molecule has 0 saturated heterocycles. The van der Waals surface area contributed by atoms with Crippen LogP contribution in [0.4, 0.5) is 0 Å². The molecule has 0 unspecified atom stereocenters. The standard InChI is InChI=1S/C10H15NS/c1-4-6-9-10(7-5-2)12-8(3)11-9/h6-7H,4-5H2,1-3H3/b9-6+,10-7+. The van der Waals surface area contributed by atoms with Gasteiger partial charge >= 0.3 is 0 Å². The monoisotopic (exact) mass is 181 g/mol. The quantitative estimate of drug-likeness (QED) is 0.678. The predicted octanol–water partition coefficient (Wildman–Crippen LogP) is 1.83. The number of aromatic nitrogens is 1. The van der Waals surface area contributed by atoms with E-state index in [4.69, 9.17) is 0 Å². The van der Waals surface area contributed by atoms with E-state index in [0.29, 0.717) is 0 Å². The molecule has 0 aliphatic carbocycles. The van der Waals surface area contributed by atoms with Gasteiger partial charge in [-0.1, -0.05) is 26.0 Å². The van der Waals surface area contributed by atoms with Crippen LogP contribution in [0.15, 0.2) is 0 Å². The molecule has 0 bridgehead atoms. The minimum absolute atomic E-state index is 1.06. The van der Waals surface area contributed by atoms with Crippen LogP contribution in [0.25, 0.3) is 12.2 Å². The third-order valence-electron chi connectivity index (χ3n) is 1.58. The van der Waals surface area contributed by atoms with Gasteiger partial charge in [0.25, 0.3) is 0 Å². The van der Waals surface area contributed by atoms with E-state index in [1.165, 1.54) is 9.88 Å². The number of hydrogen-bond acceptors (Lipinski definition) is 2. The highest BCUT2D eigenvalue weighted by atomic mass is 32.1. The lowest BCUT2D eigenvalue weighted by atomic mass is 10.4. The molecule has 1 rings (SSSR count). The van der Waals surface area contributed by atoms with Crippen molar-refractivity contribution < 1.29 is 0 Å². The third kappa shape index (κ3) is 2.18. The van der Waals surface area contributed by atoms with E-state index in [2.05, 4.69) is 37.9 Å². The molecular weight excluding hydrogens is 166 g/mol. The maximum Gasteiger partial charge on any atom is 0.0907 e. The summed E-state index contributed by atoms with van der Waals surface area (Å²) in [7, 11) is 0. The second kappa shape index (κ2) is 4.41. The van der Waals surface area contributed by atoms with Crippen molar-refractivity contribution in [2.45, 2.75) is 33.6 Å². The Morgan fingerprint density at radius 1 is 1.25 bits per heavy atom. The van der Waals surface area contributed by atoms with Crippen molar-refractivity contribution in [3.05, 3.63) is 14.9 Å². The highest BCUT2D eigenvalue weighted by Crippen LogP contribution is 1.91. The molecule has 0 amide bonds. The normalized spacial score (nSPS) is 14.2. The van der Waals surface area contributed by atoms with E-state index in [9.17, 15) is 0 Å². The van der Waals surface area contributed by atoms with Gasteiger partial charge in [0.05, 0.1) is 14.9 Å². The molecule has 2 heteroatoms. The van der Waals surface area contributed by atoms with E-state index in [0.717, 1.165) is 17.8 Å². The van der Waals surface area contributed by atoms with Crippen LogP contribution in [-0.2, 0) is 0 Å². The summed E-state index contributed by atoms with van der Waals surface area (Å²) in [5.41, 5.74) is 0. The summed E-state index contributed by atoms with van der Waals surface area (Å²) in [4.78, 5) is 4.45. The molecule has 0 spiro atoms. The van der Waals surface area contributed by atoms with Gasteiger partial charge in [-0.25, -0.2) is 4.98 Å². The Morgan fingerprint density at radius 2 is 1.92 bits per heavy atom. The fourth-order valence-corrected chi connectivity index (χ4v) is 2.08. The summed E-state index contributed by atoms with van der Waals surface area (Å²) >= 11 is 1.78. The van der Waals surface area contributed by atoms with E-state index in [1.54, 1.807) is 11.3 Å². The fraction of sp³-hybridized carbons (Fsp3) is 0.500. The van der Waals surface area contributed by atoms with Crippen molar-refractivity contribution in [3.63, 3.8) is 0 Å². The van der Waals surface area contributed by atoms with E-state index in [1.807, 2.05) is 0 Å². The molecule has 12 heavy (non-hydrogen) atoms. The summed E-state index contributed by atoms with van der Waals surface area (Å²) < 4.78 is 1.33. The summed E-state index contributed by atoms with van der Waals surface area (Å²) in [6.45, 7) is 6.36. The van der Waals surface area contributed by atoms with Gasteiger partial charge < -0.3 is 0 Å². The Balaban J connectivity index is 3.27. The van der Waals surface area contributed by atoms with Crippen LogP contribution in [0.5, 0.6) is 0 Å². The minimum Gasteiger partial charge on any atom is -0.242 e. The van der Waals surface area contributed by atoms with Crippen molar-refractivity contribution in [2.75, 3.05) is 0 Å². The van der Waals surface area contributed by atoms with Gasteiger partial charge in [0.2, 0.25) is 0 Å². The van der Waals surface area contributed by atoms with Gasteiger partial charge in [-0.05, 0) is 19.8 Å². The van der Waals surface area contributed by atoms with Gasteiger partial charge in [-0.3, -0.25) is 0 Å². The van der Waals surface area contributed by atoms with Gasteiger partial charge in [-0.2, -0.15) is 0 Å². The highest BCUT2D eigenvalue weighted by Gasteiger charge is 1.91. The molecule has 1 heterocycles. The summed E-state index contributed by atoms with van der Waals surface area (Å²) in [6, 6.07) is 0. The van der Waals surface area contributed by atoms with Crippen LogP contribution >= 0.6 is 11.3 Å². The molecule has 0 atom stereocenters. The Kier molecular flexibility index (Phi) is 3.48. The van der Waals surface area contributed by atoms with Crippen molar-refractivity contribution in [1.29, 1.82) is 0 Å². The van der Waals surface area contributed by atoms with Crippen molar-refractivity contribution in [2.24, 2.45) is 0 Å². The predicted molar refractivity (Wildman–Crippen MR) is 55.6 cm³/mol. The van der Waals surface area contributed by atoms with Gasteiger partial charge in [-0.15, -0.1) is 11.3 Å². The Labute approximate surface area is 77.5 Å². The fourth-order valence-electron chi connectivity index (χ4n) is 1.13. The topological polar surface area (TPSA) is 12.9 Å². The SMILES string of the molecule is CC/C=c1/nc(C)s/c1=C/CC.